The second kappa shape index (κ2) is 12.8. The first-order chi connectivity index (χ1) is 19.9. The minimum Gasteiger partial charge on any atom is -0.324 e. The predicted molar refractivity (Wildman–Crippen MR) is 155 cm³/mol. The Labute approximate surface area is 242 Å². The van der Waals surface area contributed by atoms with Gasteiger partial charge in [0.1, 0.15) is 11.3 Å². The van der Waals surface area contributed by atoms with E-state index in [2.05, 4.69) is 16.8 Å². The third-order valence-corrected chi connectivity index (χ3v) is 7.74. The number of amides is 2. The van der Waals surface area contributed by atoms with Crippen molar-refractivity contribution in [1.82, 2.24) is 14.3 Å². The zero-order chi connectivity index (χ0) is 30.5. The average Bonchev–Trinajstić information content (AvgIpc) is 3.29. The lowest BCUT2D eigenvalue weighted by molar-refractivity contribution is -0.116. The van der Waals surface area contributed by atoms with Crippen molar-refractivity contribution in [3.05, 3.63) is 83.7 Å². The number of hydrogen-bond donors (Lipinski definition) is 2. The van der Waals surface area contributed by atoms with Crippen LogP contribution in [0.25, 0.3) is 22.2 Å². The SMILES string of the molecule is CCCCc1nc2c(NC(=O)CCC)cccc2n1Cc1ccc(-c2ccccc2C(=O)NS(=O)(=O)C(F)(F)F)cc1. The van der Waals surface area contributed by atoms with Crippen molar-refractivity contribution < 1.29 is 31.2 Å². The molecule has 2 N–H and O–H groups in total. The number of rotatable bonds is 11. The summed E-state index contributed by atoms with van der Waals surface area (Å²) in [5.74, 6) is -0.574. The summed E-state index contributed by atoms with van der Waals surface area (Å²) in [4.78, 5) is 29.7. The topological polar surface area (TPSA) is 110 Å². The molecule has 3 aromatic carbocycles. The van der Waals surface area contributed by atoms with E-state index in [-0.39, 0.29) is 17.0 Å². The highest BCUT2D eigenvalue weighted by Gasteiger charge is 2.47. The number of nitrogens with zero attached hydrogens (tertiary/aromatic N) is 2. The van der Waals surface area contributed by atoms with Gasteiger partial charge in [-0.1, -0.05) is 68.8 Å². The molecule has 4 aromatic rings. The largest absolute Gasteiger partial charge is 0.516 e. The van der Waals surface area contributed by atoms with Crippen molar-refractivity contribution in [2.45, 2.75) is 58.0 Å². The van der Waals surface area contributed by atoms with Crippen molar-refractivity contribution in [3.63, 3.8) is 0 Å². The fourth-order valence-electron chi connectivity index (χ4n) is 4.58. The van der Waals surface area contributed by atoms with Crippen LogP contribution in [0.1, 0.15) is 61.3 Å². The van der Waals surface area contributed by atoms with Crippen LogP contribution in [0.15, 0.2) is 66.7 Å². The average molecular weight is 601 g/mol. The molecule has 8 nitrogen and oxygen atoms in total. The molecule has 0 fully saturated rings. The van der Waals surface area contributed by atoms with Crippen molar-refractivity contribution in [2.24, 2.45) is 0 Å². The molecular weight excluding hydrogens is 569 g/mol. The Kier molecular flexibility index (Phi) is 9.35. The second-order valence-electron chi connectivity index (χ2n) is 9.81. The van der Waals surface area contributed by atoms with Gasteiger partial charge in [-0.25, -0.2) is 9.71 Å². The molecule has 0 radical (unpaired) electrons. The molecule has 0 unspecified atom stereocenters. The fourth-order valence-corrected chi connectivity index (χ4v) is 5.05. The third kappa shape index (κ3) is 6.81. The van der Waals surface area contributed by atoms with Crippen molar-refractivity contribution in [2.75, 3.05) is 5.32 Å². The number of sulfonamides is 1. The van der Waals surface area contributed by atoms with Gasteiger partial charge >= 0.3 is 15.5 Å². The fraction of sp³-hybridized carbons (Fsp3) is 0.300. The number of para-hydroxylation sites is 1. The van der Waals surface area contributed by atoms with Gasteiger partial charge in [-0.15, -0.1) is 0 Å². The van der Waals surface area contributed by atoms with E-state index in [1.54, 1.807) is 18.2 Å². The smallest absolute Gasteiger partial charge is 0.324 e. The molecule has 4 rings (SSSR count). The maximum Gasteiger partial charge on any atom is 0.516 e. The van der Waals surface area contributed by atoms with Gasteiger partial charge in [-0.05, 0) is 47.7 Å². The van der Waals surface area contributed by atoms with Crippen LogP contribution in [0.4, 0.5) is 18.9 Å². The molecule has 0 aliphatic rings. The Balaban J connectivity index is 1.64. The first-order valence-electron chi connectivity index (χ1n) is 13.5. The van der Waals surface area contributed by atoms with Crippen molar-refractivity contribution >= 4 is 38.6 Å². The number of alkyl halides is 3. The van der Waals surface area contributed by atoms with E-state index in [4.69, 9.17) is 4.98 Å². The molecule has 0 aliphatic heterocycles. The number of nitrogens with one attached hydrogen (secondary N) is 2. The Morgan fingerprint density at radius 1 is 0.929 bits per heavy atom. The molecule has 0 saturated heterocycles. The summed E-state index contributed by atoms with van der Waals surface area (Å²) in [5.41, 5.74) is -1.89. The summed E-state index contributed by atoms with van der Waals surface area (Å²) >= 11 is 0. The van der Waals surface area contributed by atoms with Gasteiger partial charge in [-0.3, -0.25) is 9.59 Å². The molecule has 12 heteroatoms. The Bertz CT molecular complexity index is 1700. The first-order valence-corrected chi connectivity index (χ1v) is 15.0. The van der Waals surface area contributed by atoms with Crippen LogP contribution in [-0.4, -0.2) is 35.3 Å². The van der Waals surface area contributed by atoms with E-state index in [1.807, 2.05) is 37.3 Å². The highest BCUT2D eigenvalue weighted by molar-refractivity contribution is 7.90. The van der Waals surface area contributed by atoms with Gasteiger partial charge < -0.3 is 9.88 Å². The summed E-state index contributed by atoms with van der Waals surface area (Å²) in [7, 11) is -5.85. The molecule has 2 amide bonds. The number of aromatic nitrogens is 2. The number of fused-ring (bicyclic) bond motifs is 1. The molecule has 1 heterocycles. The van der Waals surface area contributed by atoms with Gasteiger partial charge in [0.2, 0.25) is 5.91 Å². The molecule has 0 bridgehead atoms. The monoisotopic (exact) mass is 600 g/mol. The molecule has 0 saturated carbocycles. The lowest BCUT2D eigenvalue weighted by Crippen LogP contribution is -2.40. The van der Waals surface area contributed by atoms with Gasteiger partial charge in [0, 0.05) is 24.9 Å². The molecule has 0 aliphatic carbocycles. The van der Waals surface area contributed by atoms with E-state index in [0.29, 0.717) is 29.7 Å². The van der Waals surface area contributed by atoms with Gasteiger partial charge in [-0.2, -0.15) is 21.6 Å². The van der Waals surface area contributed by atoms with Crippen molar-refractivity contribution in [1.29, 1.82) is 0 Å². The van der Waals surface area contributed by atoms with E-state index >= 15 is 0 Å². The summed E-state index contributed by atoms with van der Waals surface area (Å²) < 4.78 is 64.6. The molecule has 222 valence electrons. The van der Waals surface area contributed by atoms with Gasteiger partial charge in [0.05, 0.1) is 11.2 Å². The maximum atomic E-state index is 12.8. The number of hydrogen-bond acceptors (Lipinski definition) is 5. The van der Waals surface area contributed by atoms with Crippen LogP contribution in [0.2, 0.25) is 0 Å². The Hall–Kier alpha value is -4.19. The number of carbonyl (C=O) groups is 2. The number of aryl methyl sites for hydroxylation is 1. The minimum absolute atomic E-state index is 0.0739. The van der Waals surface area contributed by atoms with Crippen molar-refractivity contribution in [3.8, 4) is 11.1 Å². The molecular formula is C30H31F3N4O4S. The van der Waals surface area contributed by atoms with Crippen LogP contribution in [-0.2, 0) is 27.8 Å². The van der Waals surface area contributed by atoms with Crippen LogP contribution >= 0.6 is 0 Å². The molecule has 0 spiro atoms. The summed E-state index contributed by atoms with van der Waals surface area (Å²) in [6, 6.07) is 18.6. The summed E-state index contributed by atoms with van der Waals surface area (Å²) in [6.07, 6.45) is 3.80. The standard InChI is InChI=1S/C30H31F3N4O4S/c1-3-5-14-26-35-28-24(34-27(38)9-4-2)12-8-13-25(28)37(26)19-20-15-17-21(18-16-20)22-10-6-7-11-23(22)29(39)36-42(40,41)30(31,32)33/h6-8,10-13,15-18H,3-5,9,14,19H2,1-2H3,(H,34,38)(H,36,39). The summed E-state index contributed by atoms with van der Waals surface area (Å²) in [6.45, 7) is 4.50. The number of anilines is 1. The normalized spacial score (nSPS) is 11.9. The van der Waals surface area contributed by atoms with E-state index in [9.17, 15) is 31.2 Å². The van der Waals surface area contributed by atoms with E-state index in [1.165, 1.54) is 18.2 Å². The number of halogens is 3. The van der Waals surface area contributed by atoms with E-state index in [0.717, 1.165) is 47.3 Å². The molecule has 42 heavy (non-hydrogen) atoms. The first kappa shape index (κ1) is 30.8. The zero-order valence-electron chi connectivity index (χ0n) is 23.2. The highest BCUT2D eigenvalue weighted by Crippen LogP contribution is 2.29. The third-order valence-electron chi connectivity index (χ3n) is 6.67. The number of imidazole rings is 1. The number of unbranched alkanes of at least 4 members (excludes halogenated alkanes) is 1. The quantitative estimate of drug-likeness (QED) is 0.207. The predicted octanol–water partition coefficient (Wildman–Crippen LogP) is 6.41. The minimum atomic E-state index is -5.85. The van der Waals surface area contributed by atoms with Crippen LogP contribution in [0.5, 0.6) is 0 Å². The van der Waals surface area contributed by atoms with Gasteiger partial charge in [0.15, 0.2) is 0 Å². The molecule has 1 aromatic heterocycles. The Morgan fingerprint density at radius 3 is 2.31 bits per heavy atom. The zero-order valence-corrected chi connectivity index (χ0v) is 24.0. The summed E-state index contributed by atoms with van der Waals surface area (Å²) in [5, 5.41) is 2.96. The highest BCUT2D eigenvalue weighted by atomic mass is 32.2. The maximum absolute atomic E-state index is 12.8. The number of benzene rings is 3. The Morgan fingerprint density at radius 2 is 1.64 bits per heavy atom. The van der Waals surface area contributed by atoms with Crippen LogP contribution in [0, 0.1) is 0 Å². The van der Waals surface area contributed by atoms with E-state index < -0.39 is 21.4 Å². The molecule has 0 atom stereocenters. The number of carbonyl (C=O) groups excluding carboxylic acids is 2. The second-order valence-corrected chi connectivity index (χ2v) is 11.5. The van der Waals surface area contributed by atoms with Crippen LogP contribution < -0.4 is 10.0 Å². The lowest BCUT2D eigenvalue weighted by atomic mass is 9.98. The van der Waals surface area contributed by atoms with Crippen LogP contribution in [0.3, 0.4) is 0 Å². The lowest BCUT2D eigenvalue weighted by Gasteiger charge is -2.13. The van der Waals surface area contributed by atoms with Gasteiger partial charge in [0.25, 0.3) is 5.91 Å².